The summed E-state index contributed by atoms with van der Waals surface area (Å²) >= 11 is 0. The van der Waals surface area contributed by atoms with Crippen LogP contribution in [-0.4, -0.2) is 37.6 Å². The lowest BCUT2D eigenvalue weighted by Gasteiger charge is -2.12. The fourth-order valence-corrected chi connectivity index (χ4v) is 4.00. The van der Waals surface area contributed by atoms with Crippen LogP contribution in [0.3, 0.4) is 0 Å². The predicted molar refractivity (Wildman–Crippen MR) is 132 cm³/mol. The molecule has 0 aliphatic rings. The lowest BCUT2D eigenvalue weighted by molar-refractivity contribution is 0.0953. The van der Waals surface area contributed by atoms with Crippen LogP contribution in [0.4, 0.5) is 4.39 Å². The number of rotatable bonds is 7. The Morgan fingerprint density at radius 1 is 1.00 bits per heavy atom. The first-order valence-electron chi connectivity index (χ1n) is 11.3. The Morgan fingerprint density at radius 2 is 1.86 bits per heavy atom. The molecule has 1 amide bonds. The molecule has 0 saturated carbocycles. The van der Waals surface area contributed by atoms with Crippen LogP contribution in [0.2, 0.25) is 0 Å². The second-order valence-corrected chi connectivity index (χ2v) is 8.27. The number of nitrogens with zero attached hydrogens (tertiary/aromatic N) is 4. The van der Waals surface area contributed by atoms with Crippen LogP contribution in [-0.2, 0) is 6.42 Å². The predicted octanol–water partition coefficient (Wildman–Crippen LogP) is 4.89. The van der Waals surface area contributed by atoms with Gasteiger partial charge in [-0.15, -0.1) is 0 Å². The molecule has 8 heteroatoms. The highest BCUT2D eigenvalue weighted by Crippen LogP contribution is 2.33. The highest BCUT2D eigenvalue weighted by molar-refractivity contribution is 6.02. The van der Waals surface area contributed by atoms with Gasteiger partial charge in [-0.25, -0.2) is 14.4 Å². The van der Waals surface area contributed by atoms with Crippen LogP contribution < -0.4 is 5.32 Å². The Labute approximate surface area is 201 Å². The summed E-state index contributed by atoms with van der Waals surface area (Å²) in [7, 11) is 0. The van der Waals surface area contributed by atoms with E-state index in [1.54, 1.807) is 30.5 Å². The molecule has 7 nitrogen and oxygen atoms in total. The molecule has 0 aliphatic carbocycles. The normalized spacial score (nSPS) is 11.0. The lowest BCUT2D eigenvalue weighted by Crippen LogP contribution is -2.24. The van der Waals surface area contributed by atoms with Gasteiger partial charge in [0.1, 0.15) is 18.0 Å². The highest BCUT2D eigenvalue weighted by atomic mass is 19.1. The van der Waals surface area contributed by atoms with E-state index in [9.17, 15) is 9.18 Å². The molecule has 0 saturated heterocycles. The summed E-state index contributed by atoms with van der Waals surface area (Å²) in [6.07, 6.45) is 4.66. The summed E-state index contributed by atoms with van der Waals surface area (Å²) < 4.78 is 13.6. The van der Waals surface area contributed by atoms with Crippen molar-refractivity contribution in [2.45, 2.75) is 19.8 Å². The van der Waals surface area contributed by atoms with Crippen molar-refractivity contribution in [1.29, 1.82) is 0 Å². The first-order valence-corrected chi connectivity index (χ1v) is 11.3. The number of H-pyrrole nitrogens is 1. The Bertz CT molecular complexity index is 1480. The lowest BCUT2D eigenvalue weighted by atomic mass is 9.97. The maximum absolute atomic E-state index is 13.6. The van der Waals surface area contributed by atoms with Gasteiger partial charge in [0.05, 0.1) is 11.2 Å². The second kappa shape index (κ2) is 9.80. The van der Waals surface area contributed by atoms with Gasteiger partial charge in [-0.2, -0.15) is 5.10 Å². The van der Waals surface area contributed by atoms with Crippen LogP contribution >= 0.6 is 0 Å². The summed E-state index contributed by atoms with van der Waals surface area (Å²) in [5.74, 6) is 0.334. The van der Waals surface area contributed by atoms with Gasteiger partial charge >= 0.3 is 0 Å². The molecular formula is C27H23FN6O. The molecule has 35 heavy (non-hydrogen) atoms. The number of nitrogens with one attached hydrogen (secondary N) is 2. The molecule has 5 rings (SSSR count). The van der Waals surface area contributed by atoms with Gasteiger partial charge < -0.3 is 5.32 Å². The molecule has 0 spiro atoms. The van der Waals surface area contributed by atoms with E-state index in [1.165, 1.54) is 18.5 Å². The summed E-state index contributed by atoms with van der Waals surface area (Å²) in [5, 5.41) is 10.5. The summed E-state index contributed by atoms with van der Waals surface area (Å²) in [5.41, 5.74) is 5.56. The van der Waals surface area contributed by atoms with E-state index in [0.717, 1.165) is 45.7 Å². The summed E-state index contributed by atoms with van der Waals surface area (Å²) in [6, 6.07) is 17.7. The van der Waals surface area contributed by atoms with Crippen molar-refractivity contribution < 1.29 is 9.18 Å². The van der Waals surface area contributed by atoms with Gasteiger partial charge in [-0.05, 0) is 66.9 Å². The topological polar surface area (TPSA) is 96.5 Å². The standard InChI is InChI=1S/C27H23FN6O/c1-17-13-19(10-12-29-17)24-15-23(18-4-7-21(28)8-5-18)22-9-6-20(14-25(22)33-24)27(35)30-11-2-3-26-31-16-32-34-26/h4-10,12-16H,2-3,11H2,1H3,(H,30,35)(H,31,32,34). The minimum absolute atomic E-state index is 0.167. The van der Waals surface area contributed by atoms with Crippen molar-refractivity contribution in [2.24, 2.45) is 0 Å². The molecule has 2 N–H and O–H groups in total. The zero-order chi connectivity index (χ0) is 24.2. The van der Waals surface area contributed by atoms with E-state index < -0.39 is 0 Å². The quantitative estimate of drug-likeness (QED) is 0.333. The summed E-state index contributed by atoms with van der Waals surface area (Å²) in [4.78, 5) is 26.0. The minimum Gasteiger partial charge on any atom is -0.352 e. The first-order chi connectivity index (χ1) is 17.1. The van der Waals surface area contributed by atoms with Crippen molar-refractivity contribution in [2.75, 3.05) is 6.54 Å². The Balaban J connectivity index is 1.48. The molecule has 0 unspecified atom stereocenters. The Hall–Kier alpha value is -4.46. The Kier molecular flexibility index (Phi) is 6.26. The maximum Gasteiger partial charge on any atom is 0.251 e. The van der Waals surface area contributed by atoms with Gasteiger partial charge in [0.25, 0.3) is 5.91 Å². The van der Waals surface area contributed by atoms with E-state index in [1.807, 2.05) is 31.2 Å². The van der Waals surface area contributed by atoms with Crippen molar-refractivity contribution in [3.63, 3.8) is 0 Å². The van der Waals surface area contributed by atoms with Crippen molar-refractivity contribution in [3.8, 4) is 22.4 Å². The molecule has 0 radical (unpaired) electrons. The SMILES string of the molecule is Cc1cc(-c2cc(-c3ccc(F)cc3)c3ccc(C(=O)NCCCc4ncn[nH]4)cc3n2)ccn1. The van der Waals surface area contributed by atoms with Crippen LogP contribution in [0, 0.1) is 12.7 Å². The number of pyridine rings is 2. The Morgan fingerprint density at radius 3 is 2.63 bits per heavy atom. The van der Waals surface area contributed by atoms with Gasteiger partial charge in [0.15, 0.2) is 0 Å². The van der Waals surface area contributed by atoms with E-state index in [-0.39, 0.29) is 11.7 Å². The number of aryl methyl sites for hydroxylation is 2. The molecule has 3 heterocycles. The van der Waals surface area contributed by atoms with Crippen LogP contribution in [0.1, 0.15) is 28.3 Å². The average Bonchev–Trinajstić information content (AvgIpc) is 3.39. The average molecular weight is 467 g/mol. The second-order valence-electron chi connectivity index (χ2n) is 8.27. The molecule has 5 aromatic rings. The number of aromatic amines is 1. The molecule has 0 fully saturated rings. The van der Waals surface area contributed by atoms with Crippen LogP contribution in [0.25, 0.3) is 33.3 Å². The smallest absolute Gasteiger partial charge is 0.251 e. The minimum atomic E-state index is -0.292. The number of hydrogen-bond donors (Lipinski definition) is 2. The van der Waals surface area contributed by atoms with Crippen LogP contribution in [0.15, 0.2) is 73.2 Å². The number of carbonyl (C=O) groups excluding carboxylic acids is 1. The number of fused-ring (bicyclic) bond motifs is 1. The van der Waals surface area contributed by atoms with E-state index in [0.29, 0.717) is 24.0 Å². The number of hydrogen-bond acceptors (Lipinski definition) is 5. The number of carbonyl (C=O) groups is 1. The van der Waals surface area contributed by atoms with E-state index >= 15 is 0 Å². The van der Waals surface area contributed by atoms with Gasteiger partial charge in [-0.3, -0.25) is 14.9 Å². The third-order valence-corrected chi connectivity index (χ3v) is 5.76. The molecule has 2 aromatic carbocycles. The molecule has 3 aromatic heterocycles. The molecule has 174 valence electrons. The molecule has 0 aliphatic heterocycles. The fourth-order valence-electron chi connectivity index (χ4n) is 4.00. The number of halogens is 1. The van der Waals surface area contributed by atoms with Gasteiger partial charge in [0, 0.05) is 41.4 Å². The zero-order valence-electron chi connectivity index (χ0n) is 19.1. The maximum atomic E-state index is 13.6. The van der Waals surface area contributed by atoms with Crippen LogP contribution in [0.5, 0.6) is 0 Å². The molecule has 0 bridgehead atoms. The van der Waals surface area contributed by atoms with Crippen molar-refractivity contribution in [1.82, 2.24) is 30.5 Å². The van der Waals surface area contributed by atoms with E-state index in [4.69, 9.17) is 4.98 Å². The first kappa shape index (κ1) is 22.3. The molecule has 0 atom stereocenters. The third-order valence-electron chi connectivity index (χ3n) is 5.76. The van der Waals surface area contributed by atoms with Crippen molar-refractivity contribution in [3.05, 3.63) is 96.1 Å². The molecular weight excluding hydrogens is 443 g/mol. The largest absolute Gasteiger partial charge is 0.352 e. The van der Waals surface area contributed by atoms with Crippen molar-refractivity contribution >= 4 is 16.8 Å². The van der Waals surface area contributed by atoms with E-state index in [2.05, 4.69) is 25.5 Å². The highest BCUT2D eigenvalue weighted by Gasteiger charge is 2.13. The third kappa shape index (κ3) is 5.06. The number of amides is 1. The number of aromatic nitrogens is 5. The van der Waals surface area contributed by atoms with Gasteiger partial charge in [-0.1, -0.05) is 18.2 Å². The zero-order valence-corrected chi connectivity index (χ0v) is 19.1. The number of benzene rings is 2. The summed E-state index contributed by atoms with van der Waals surface area (Å²) in [6.45, 7) is 2.44. The fraction of sp³-hybridized carbons (Fsp3) is 0.148. The van der Waals surface area contributed by atoms with Gasteiger partial charge in [0.2, 0.25) is 0 Å². The monoisotopic (exact) mass is 466 g/mol.